The van der Waals surface area contributed by atoms with Gasteiger partial charge in [0.15, 0.2) is 0 Å². The van der Waals surface area contributed by atoms with Gasteiger partial charge in [0.05, 0.1) is 0 Å². The lowest BCUT2D eigenvalue weighted by Crippen LogP contribution is -2.57. The van der Waals surface area contributed by atoms with Gasteiger partial charge in [-0.3, -0.25) is 20.2 Å². The SMILES string of the molecule is CC1([N+](=O)[O-])C[Si](c2ccccc2)(c2ccccc2)CC1(C)[N+](=O)[O-]. The van der Waals surface area contributed by atoms with Crippen molar-refractivity contribution < 1.29 is 9.85 Å². The zero-order valence-electron chi connectivity index (χ0n) is 14.2. The largest absolute Gasteiger partial charge is 0.285 e. The number of rotatable bonds is 4. The Kier molecular flexibility index (Phi) is 3.99. The van der Waals surface area contributed by atoms with Crippen molar-refractivity contribution in [3.8, 4) is 0 Å². The molecule has 2 aromatic carbocycles. The quantitative estimate of drug-likeness (QED) is 0.478. The van der Waals surface area contributed by atoms with Crippen LogP contribution < -0.4 is 10.4 Å². The Morgan fingerprint density at radius 3 is 1.36 bits per heavy atom. The van der Waals surface area contributed by atoms with E-state index in [9.17, 15) is 20.2 Å². The molecule has 1 aliphatic rings. The van der Waals surface area contributed by atoms with E-state index < -0.39 is 29.0 Å². The van der Waals surface area contributed by atoms with Crippen LogP contribution in [0, 0.1) is 20.2 Å². The highest BCUT2D eigenvalue weighted by molar-refractivity contribution is 7.03. The Hall–Kier alpha value is -2.54. The summed E-state index contributed by atoms with van der Waals surface area (Å²) in [4.78, 5) is 23.0. The second-order valence-corrected chi connectivity index (χ2v) is 11.3. The summed E-state index contributed by atoms with van der Waals surface area (Å²) in [5.41, 5.74) is -3.21. The molecule has 25 heavy (non-hydrogen) atoms. The fourth-order valence-corrected chi connectivity index (χ4v) is 10.5. The van der Waals surface area contributed by atoms with E-state index in [1.54, 1.807) is 0 Å². The maximum Gasteiger partial charge on any atom is 0.285 e. The lowest BCUT2D eigenvalue weighted by molar-refractivity contribution is -0.669. The molecule has 0 saturated carbocycles. The molecule has 1 fully saturated rings. The Morgan fingerprint density at radius 1 is 0.760 bits per heavy atom. The standard InChI is InChI=1S/C18H20N2O4Si/c1-17(19(21)22)13-25(14-18(17,2)20(23)24,15-9-5-3-6-10-15)16-11-7-4-8-12-16/h3-12H,13-14H2,1-2H3. The van der Waals surface area contributed by atoms with Gasteiger partial charge in [-0.2, -0.15) is 0 Å². The molecule has 3 rings (SSSR count). The van der Waals surface area contributed by atoms with Gasteiger partial charge >= 0.3 is 0 Å². The van der Waals surface area contributed by atoms with Crippen LogP contribution in [-0.4, -0.2) is 29.0 Å². The lowest BCUT2D eigenvalue weighted by atomic mass is 9.84. The second-order valence-electron chi connectivity index (χ2n) is 7.23. The minimum Gasteiger partial charge on any atom is -0.264 e. The highest BCUT2D eigenvalue weighted by atomic mass is 28.3. The first-order chi connectivity index (χ1) is 11.8. The van der Waals surface area contributed by atoms with Crippen LogP contribution in [0.3, 0.4) is 0 Å². The molecule has 0 aromatic heterocycles. The van der Waals surface area contributed by atoms with Crippen LogP contribution in [0.25, 0.3) is 0 Å². The van der Waals surface area contributed by atoms with Crippen LogP contribution in [0.1, 0.15) is 13.8 Å². The van der Waals surface area contributed by atoms with Gasteiger partial charge in [-0.1, -0.05) is 71.0 Å². The summed E-state index contributed by atoms with van der Waals surface area (Å²) in [5.74, 6) is 0. The van der Waals surface area contributed by atoms with Crippen LogP contribution in [0.2, 0.25) is 12.1 Å². The third-order valence-electron chi connectivity index (χ3n) is 5.91. The molecule has 0 radical (unpaired) electrons. The fourth-order valence-electron chi connectivity index (χ4n) is 4.23. The molecule has 2 aromatic rings. The van der Waals surface area contributed by atoms with Crippen LogP contribution in [0.4, 0.5) is 0 Å². The van der Waals surface area contributed by atoms with Crippen LogP contribution >= 0.6 is 0 Å². The molecular formula is C18H20N2O4Si. The van der Waals surface area contributed by atoms with Gasteiger partial charge in [-0.15, -0.1) is 0 Å². The Labute approximate surface area is 146 Å². The molecule has 0 N–H and O–H groups in total. The minimum atomic E-state index is -2.66. The van der Waals surface area contributed by atoms with E-state index in [4.69, 9.17) is 0 Å². The molecular weight excluding hydrogens is 336 g/mol. The van der Waals surface area contributed by atoms with Gasteiger partial charge in [-0.05, 0) is 0 Å². The molecule has 1 heterocycles. The lowest BCUT2D eigenvalue weighted by Gasteiger charge is -2.27. The van der Waals surface area contributed by atoms with E-state index in [0.717, 1.165) is 10.4 Å². The fraction of sp³-hybridized carbons (Fsp3) is 0.333. The van der Waals surface area contributed by atoms with Gasteiger partial charge < -0.3 is 0 Å². The number of hydrogen-bond acceptors (Lipinski definition) is 4. The van der Waals surface area contributed by atoms with E-state index in [0.29, 0.717) is 0 Å². The summed E-state index contributed by atoms with van der Waals surface area (Å²) in [6.07, 6.45) is 0. The van der Waals surface area contributed by atoms with Crippen LogP contribution in [0.5, 0.6) is 0 Å². The maximum atomic E-state index is 11.9. The number of nitro groups is 2. The van der Waals surface area contributed by atoms with Crippen molar-refractivity contribution >= 4 is 18.4 Å². The highest BCUT2D eigenvalue weighted by Gasteiger charge is 2.75. The maximum absolute atomic E-state index is 11.9. The molecule has 0 amide bonds. The summed E-state index contributed by atoms with van der Waals surface area (Å²) < 4.78 is 0. The average molecular weight is 356 g/mol. The van der Waals surface area contributed by atoms with E-state index in [1.807, 2.05) is 60.7 Å². The van der Waals surface area contributed by atoms with Gasteiger partial charge in [0.1, 0.15) is 8.07 Å². The number of benzene rings is 2. The van der Waals surface area contributed by atoms with Gasteiger partial charge in [0.25, 0.3) is 11.1 Å². The van der Waals surface area contributed by atoms with Crippen molar-refractivity contribution in [1.29, 1.82) is 0 Å². The van der Waals surface area contributed by atoms with Crippen molar-refractivity contribution in [3.63, 3.8) is 0 Å². The molecule has 0 bridgehead atoms. The molecule has 2 unspecified atom stereocenters. The average Bonchev–Trinajstić information content (AvgIpc) is 2.88. The predicted octanol–water partition coefficient (Wildman–Crippen LogP) is 2.33. The van der Waals surface area contributed by atoms with E-state index in [2.05, 4.69) is 0 Å². The molecule has 1 saturated heterocycles. The molecule has 0 spiro atoms. The topological polar surface area (TPSA) is 86.3 Å². The summed E-state index contributed by atoms with van der Waals surface area (Å²) in [5, 5.41) is 25.9. The highest BCUT2D eigenvalue weighted by Crippen LogP contribution is 2.48. The Morgan fingerprint density at radius 2 is 1.08 bits per heavy atom. The third-order valence-corrected chi connectivity index (χ3v) is 11.4. The van der Waals surface area contributed by atoms with E-state index in [1.165, 1.54) is 13.8 Å². The zero-order valence-corrected chi connectivity index (χ0v) is 15.2. The smallest absolute Gasteiger partial charge is 0.264 e. The summed E-state index contributed by atoms with van der Waals surface area (Å²) >= 11 is 0. The Balaban J connectivity index is 2.28. The van der Waals surface area contributed by atoms with Gasteiger partial charge in [0.2, 0.25) is 0 Å². The molecule has 2 atom stereocenters. The molecule has 6 nitrogen and oxygen atoms in total. The normalized spacial score (nSPS) is 27.8. The number of hydrogen-bond donors (Lipinski definition) is 0. The molecule has 130 valence electrons. The summed E-state index contributed by atoms with van der Waals surface area (Å²) in [7, 11) is -2.66. The van der Waals surface area contributed by atoms with Crippen molar-refractivity contribution in [1.82, 2.24) is 0 Å². The Bertz CT molecular complexity index is 745. The van der Waals surface area contributed by atoms with Gasteiger partial charge in [-0.25, -0.2) is 0 Å². The zero-order chi connectivity index (χ0) is 18.3. The van der Waals surface area contributed by atoms with E-state index in [-0.39, 0.29) is 12.1 Å². The third kappa shape index (κ3) is 2.38. The summed E-state index contributed by atoms with van der Waals surface area (Å²) in [6, 6.07) is 19.7. The van der Waals surface area contributed by atoms with Crippen molar-refractivity contribution in [2.75, 3.05) is 0 Å². The minimum absolute atomic E-state index is 0.221. The van der Waals surface area contributed by atoms with E-state index >= 15 is 0 Å². The molecule has 1 aliphatic heterocycles. The monoisotopic (exact) mass is 356 g/mol. The number of nitrogens with zero attached hydrogens (tertiary/aromatic N) is 2. The van der Waals surface area contributed by atoms with Crippen LogP contribution in [-0.2, 0) is 0 Å². The first-order valence-corrected chi connectivity index (χ1v) is 10.6. The van der Waals surface area contributed by atoms with Crippen molar-refractivity contribution in [2.45, 2.75) is 37.0 Å². The molecule has 7 heteroatoms. The van der Waals surface area contributed by atoms with Crippen molar-refractivity contribution in [3.05, 3.63) is 80.9 Å². The summed E-state index contributed by atoms with van der Waals surface area (Å²) in [6.45, 7) is 2.88. The molecule has 0 aliphatic carbocycles. The first-order valence-electron chi connectivity index (χ1n) is 8.16. The predicted molar refractivity (Wildman–Crippen MR) is 98.3 cm³/mol. The van der Waals surface area contributed by atoms with Gasteiger partial charge in [0, 0.05) is 35.8 Å². The van der Waals surface area contributed by atoms with Crippen LogP contribution in [0.15, 0.2) is 60.7 Å². The van der Waals surface area contributed by atoms with Crippen molar-refractivity contribution in [2.24, 2.45) is 0 Å². The second kappa shape index (κ2) is 5.77. The first kappa shape index (κ1) is 17.3.